The maximum atomic E-state index is 12.5. The molecular weight excluding hydrogens is 763 g/mol. The molecule has 0 aromatic carbocycles. The van der Waals surface area contributed by atoms with Gasteiger partial charge in [-0.05, 0) is 77.0 Å². The number of hydrogen-bond acceptors (Lipinski definition) is 4. The van der Waals surface area contributed by atoms with Gasteiger partial charge in [-0.25, -0.2) is 0 Å². The van der Waals surface area contributed by atoms with Crippen molar-refractivity contribution in [2.45, 2.75) is 289 Å². The fraction of sp³-hybridized carbons (Fsp3) is 0.807. The van der Waals surface area contributed by atoms with E-state index in [0.29, 0.717) is 6.42 Å². The molecule has 0 aromatic rings. The summed E-state index contributed by atoms with van der Waals surface area (Å²) >= 11 is 0. The molecule has 0 rings (SSSR count). The van der Waals surface area contributed by atoms with E-state index in [9.17, 15) is 20.1 Å². The standard InChI is InChI=1S/C57H105NO4/c1-3-5-7-9-11-13-15-17-19-21-23-25-26-27-28-29-30-31-32-34-36-38-40-42-44-46-48-50-54(60)52-57(62)58-55(53-59)56(61)51-49-47-45-43-41-39-37-35-33-24-22-20-18-16-14-12-10-8-6-4-2/h23,25,27-28,33,35,41,43,49,51,54-56,59-61H,3-22,24,26,29-32,34,36-40,42,44-48,50,52-53H2,1-2H3,(H,58,62)/b25-23-,28-27-,35-33+,43-41+,51-49+. The molecule has 0 aliphatic heterocycles. The van der Waals surface area contributed by atoms with E-state index >= 15 is 0 Å². The van der Waals surface area contributed by atoms with Crippen LogP contribution in [0, 0.1) is 0 Å². The average molecular weight is 868 g/mol. The van der Waals surface area contributed by atoms with Crippen LogP contribution >= 0.6 is 0 Å². The second-order valence-corrected chi connectivity index (χ2v) is 18.5. The minimum atomic E-state index is -0.963. The van der Waals surface area contributed by atoms with Crippen LogP contribution in [-0.2, 0) is 4.79 Å². The number of allylic oxidation sites excluding steroid dienone is 9. The highest BCUT2D eigenvalue weighted by Crippen LogP contribution is 2.16. The van der Waals surface area contributed by atoms with Crippen molar-refractivity contribution < 1.29 is 20.1 Å². The first-order chi connectivity index (χ1) is 30.5. The van der Waals surface area contributed by atoms with Crippen molar-refractivity contribution in [3.63, 3.8) is 0 Å². The van der Waals surface area contributed by atoms with Crippen LogP contribution in [0.15, 0.2) is 60.8 Å². The molecule has 0 radical (unpaired) electrons. The van der Waals surface area contributed by atoms with E-state index in [4.69, 9.17) is 0 Å². The number of carbonyl (C=O) groups excluding carboxylic acids is 1. The van der Waals surface area contributed by atoms with E-state index in [1.165, 1.54) is 199 Å². The lowest BCUT2D eigenvalue weighted by Gasteiger charge is -2.21. The quantitative estimate of drug-likeness (QED) is 0.0362. The Kier molecular flexibility index (Phi) is 50.1. The summed E-state index contributed by atoms with van der Waals surface area (Å²) in [5, 5.41) is 33.4. The summed E-state index contributed by atoms with van der Waals surface area (Å²) in [6.45, 7) is 4.21. The summed E-state index contributed by atoms with van der Waals surface area (Å²) in [5.41, 5.74) is 0. The fourth-order valence-electron chi connectivity index (χ4n) is 8.11. The van der Waals surface area contributed by atoms with E-state index in [1.54, 1.807) is 6.08 Å². The molecule has 0 spiro atoms. The topological polar surface area (TPSA) is 89.8 Å². The van der Waals surface area contributed by atoms with Crippen molar-refractivity contribution in [3.05, 3.63) is 60.8 Å². The first-order valence-electron chi connectivity index (χ1n) is 27.1. The summed E-state index contributed by atoms with van der Waals surface area (Å²) in [7, 11) is 0. The summed E-state index contributed by atoms with van der Waals surface area (Å²) in [4.78, 5) is 12.5. The lowest BCUT2D eigenvalue weighted by atomic mass is 10.0. The maximum Gasteiger partial charge on any atom is 0.222 e. The summed E-state index contributed by atoms with van der Waals surface area (Å²) < 4.78 is 0. The molecule has 0 aromatic heterocycles. The van der Waals surface area contributed by atoms with Crippen molar-refractivity contribution in [1.29, 1.82) is 0 Å². The zero-order chi connectivity index (χ0) is 45.1. The van der Waals surface area contributed by atoms with Crippen LogP contribution in [0.1, 0.15) is 271 Å². The Morgan fingerprint density at radius 2 is 0.742 bits per heavy atom. The van der Waals surface area contributed by atoms with Gasteiger partial charge < -0.3 is 20.6 Å². The van der Waals surface area contributed by atoms with Gasteiger partial charge in [-0.1, -0.05) is 248 Å². The van der Waals surface area contributed by atoms with Gasteiger partial charge in [0.15, 0.2) is 0 Å². The molecule has 0 heterocycles. The fourth-order valence-corrected chi connectivity index (χ4v) is 8.11. The van der Waals surface area contributed by atoms with Crippen LogP contribution in [0.3, 0.4) is 0 Å². The molecule has 4 N–H and O–H groups in total. The molecule has 0 fully saturated rings. The van der Waals surface area contributed by atoms with Crippen molar-refractivity contribution in [2.24, 2.45) is 0 Å². The van der Waals surface area contributed by atoms with Crippen LogP contribution in [-0.4, -0.2) is 46.1 Å². The van der Waals surface area contributed by atoms with Crippen molar-refractivity contribution in [3.8, 4) is 0 Å². The largest absolute Gasteiger partial charge is 0.394 e. The number of aliphatic hydroxyl groups excluding tert-OH is 3. The van der Waals surface area contributed by atoms with E-state index in [1.807, 2.05) is 6.08 Å². The monoisotopic (exact) mass is 868 g/mol. The molecule has 0 aliphatic carbocycles. The lowest BCUT2D eigenvalue weighted by Crippen LogP contribution is -2.45. The van der Waals surface area contributed by atoms with Gasteiger partial charge in [-0.15, -0.1) is 0 Å². The highest BCUT2D eigenvalue weighted by molar-refractivity contribution is 5.76. The normalized spacial score (nSPS) is 13.8. The van der Waals surface area contributed by atoms with Gasteiger partial charge >= 0.3 is 0 Å². The molecule has 362 valence electrons. The first-order valence-corrected chi connectivity index (χ1v) is 27.1. The van der Waals surface area contributed by atoms with E-state index in [-0.39, 0.29) is 18.9 Å². The SMILES string of the molecule is CCCCCCCCCCC/C=C\C/C=C\CCCCCCCCCCCCCC(O)CC(=O)NC(CO)C(O)/C=C/CC/C=C/CC/C=C/CCCCCCCCCCCC. The molecule has 3 unspecified atom stereocenters. The zero-order valence-electron chi connectivity index (χ0n) is 41.2. The van der Waals surface area contributed by atoms with Crippen molar-refractivity contribution in [2.75, 3.05) is 6.61 Å². The number of nitrogens with one attached hydrogen (secondary N) is 1. The summed E-state index contributed by atoms with van der Waals surface area (Å²) in [6, 6.07) is -0.771. The average Bonchev–Trinajstić information content (AvgIpc) is 3.27. The Balaban J connectivity index is 3.65. The van der Waals surface area contributed by atoms with Crippen molar-refractivity contribution in [1.82, 2.24) is 5.32 Å². The maximum absolute atomic E-state index is 12.5. The first kappa shape index (κ1) is 60.1. The van der Waals surface area contributed by atoms with E-state index < -0.39 is 18.2 Å². The minimum Gasteiger partial charge on any atom is -0.394 e. The third kappa shape index (κ3) is 47.5. The van der Waals surface area contributed by atoms with Gasteiger partial charge in [-0.2, -0.15) is 0 Å². The Hall–Kier alpha value is -1.95. The molecule has 0 saturated heterocycles. The molecule has 0 aliphatic rings. The third-order valence-corrected chi connectivity index (χ3v) is 12.3. The molecule has 1 amide bonds. The number of rotatable bonds is 49. The number of amides is 1. The molecule has 62 heavy (non-hydrogen) atoms. The van der Waals surface area contributed by atoms with Crippen LogP contribution in [0.2, 0.25) is 0 Å². The Morgan fingerprint density at radius 3 is 1.13 bits per heavy atom. The predicted molar refractivity (Wildman–Crippen MR) is 273 cm³/mol. The van der Waals surface area contributed by atoms with E-state index in [2.05, 4.69) is 67.8 Å². The van der Waals surface area contributed by atoms with E-state index in [0.717, 1.165) is 44.9 Å². The molecule has 0 saturated carbocycles. The Bertz CT molecular complexity index is 1050. The molecule has 3 atom stereocenters. The Labute approximate surface area is 386 Å². The van der Waals surface area contributed by atoms with Crippen LogP contribution in [0.25, 0.3) is 0 Å². The second kappa shape index (κ2) is 51.7. The van der Waals surface area contributed by atoms with Gasteiger partial charge in [0, 0.05) is 0 Å². The molecule has 5 nitrogen and oxygen atoms in total. The van der Waals surface area contributed by atoms with Gasteiger partial charge in [0.25, 0.3) is 0 Å². The van der Waals surface area contributed by atoms with Crippen molar-refractivity contribution >= 4 is 5.91 Å². The molecule has 5 heteroatoms. The number of hydrogen-bond donors (Lipinski definition) is 4. The summed E-state index contributed by atoms with van der Waals surface area (Å²) in [6.07, 6.45) is 69.7. The smallest absolute Gasteiger partial charge is 0.222 e. The van der Waals surface area contributed by atoms with Gasteiger partial charge in [-0.3, -0.25) is 4.79 Å². The Morgan fingerprint density at radius 1 is 0.419 bits per heavy atom. The van der Waals surface area contributed by atoms with Gasteiger partial charge in [0.1, 0.15) is 0 Å². The summed E-state index contributed by atoms with van der Waals surface area (Å²) in [5.74, 6) is -0.330. The highest BCUT2D eigenvalue weighted by atomic mass is 16.3. The van der Waals surface area contributed by atoms with Crippen LogP contribution < -0.4 is 5.32 Å². The molecular formula is C57H105NO4. The number of carbonyl (C=O) groups is 1. The predicted octanol–water partition coefficient (Wildman–Crippen LogP) is 16.6. The van der Waals surface area contributed by atoms with Gasteiger partial charge in [0.05, 0.1) is 31.3 Å². The van der Waals surface area contributed by atoms with Crippen LogP contribution in [0.4, 0.5) is 0 Å². The third-order valence-electron chi connectivity index (χ3n) is 12.3. The second-order valence-electron chi connectivity index (χ2n) is 18.5. The highest BCUT2D eigenvalue weighted by Gasteiger charge is 2.20. The minimum absolute atomic E-state index is 0.000662. The van der Waals surface area contributed by atoms with Gasteiger partial charge in [0.2, 0.25) is 5.91 Å². The number of aliphatic hydroxyl groups is 3. The number of unbranched alkanes of at least 4 members (excludes halogenated alkanes) is 32. The molecule has 0 bridgehead atoms. The zero-order valence-corrected chi connectivity index (χ0v) is 41.2. The lowest BCUT2D eigenvalue weighted by molar-refractivity contribution is -0.124. The van der Waals surface area contributed by atoms with Crippen LogP contribution in [0.5, 0.6) is 0 Å².